The van der Waals surface area contributed by atoms with Crippen LogP contribution in [0.4, 0.5) is 0 Å². The van der Waals surface area contributed by atoms with Gasteiger partial charge in [0.1, 0.15) is 6.10 Å². The molecule has 0 aliphatic carbocycles. The molecule has 4 heteroatoms. The van der Waals surface area contributed by atoms with Gasteiger partial charge in [0.15, 0.2) is 0 Å². The molecule has 1 unspecified atom stereocenters. The van der Waals surface area contributed by atoms with Gasteiger partial charge in [-0.25, -0.2) is 4.79 Å². The second-order valence-electron chi connectivity index (χ2n) is 6.77. The highest BCUT2D eigenvalue weighted by Crippen LogP contribution is 2.44. The maximum atomic E-state index is 12.7. The fourth-order valence-corrected chi connectivity index (χ4v) is 4.47. The van der Waals surface area contributed by atoms with E-state index in [4.69, 9.17) is 9.47 Å². The van der Waals surface area contributed by atoms with Crippen LogP contribution in [0.3, 0.4) is 0 Å². The molecule has 0 fully saturated rings. The van der Waals surface area contributed by atoms with Crippen molar-refractivity contribution < 1.29 is 14.3 Å². The van der Waals surface area contributed by atoms with Crippen LogP contribution in [0.2, 0.25) is 0 Å². The fourth-order valence-electron chi connectivity index (χ4n) is 3.98. The Morgan fingerprint density at radius 3 is 2.50 bits per heavy atom. The van der Waals surface area contributed by atoms with E-state index in [1.54, 1.807) is 0 Å². The molecule has 142 valence electrons. The predicted octanol–water partition coefficient (Wildman–Crippen LogP) is 6.08. The molecule has 1 heterocycles. The van der Waals surface area contributed by atoms with Crippen LogP contribution in [0, 0.1) is 0 Å². The van der Waals surface area contributed by atoms with Crippen LogP contribution in [0.1, 0.15) is 45.6 Å². The van der Waals surface area contributed by atoms with E-state index in [0.717, 1.165) is 44.3 Å². The largest absolute Gasteiger partial charge is 0.465 e. The van der Waals surface area contributed by atoms with E-state index in [1.165, 1.54) is 7.11 Å². The lowest BCUT2D eigenvalue weighted by molar-refractivity contribution is 0.0600. The molecule has 3 aromatic carbocycles. The summed E-state index contributed by atoms with van der Waals surface area (Å²) < 4.78 is 12.4. The van der Waals surface area contributed by atoms with E-state index in [1.807, 2.05) is 48.5 Å². The Morgan fingerprint density at radius 2 is 1.82 bits per heavy atom. The molecule has 0 saturated heterocycles. The van der Waals surface area contributed by atoms with Crippen molar-refractivity contribution in [3.05, 3.63) is 93.0 Å². The zero-order chi connectivity index (χ0) is 19.7. The Labute approximate surface area is 173 Å². The minimum absolute atomic E-state index is 0.162. The van der Waals surface area contributed by atoms with Gasteiger partial charge in [0.25, 0.3) is 0 Å². The van der Waals surface area contributed by atoms with Crippen LogP contribution in [0.15, 0.2) is 65.1 Å². The molecule has 28 heavy (non-hydrogen) atoms. The molecule has 1 aliphatic rings. The van der Waals surface area contributed by atoms with Crippen LogP contribution in [0.25, 0.3) is 11.1 Å². The average molecular weight is 437 g/mol. The maximum Gasteiger partial charge on any atom is 0.338 e. The van der Waals surface area contributed by atoms with Gasteiger partial charge in [0, 0.05) is 4.47 Å². The Hall–Kier alpha value is -2.43. The first-order chi connectivity index (χ1) is 13.7. The normalized spacial score (nSPS) is 15.3. The van der Waals surface area contributed by atoms with Crippen molar-refractivity contribution in [3.63, 3.8) is 0 Å². The molecule has 0 N–H and O–H groups in total. The van der Waals surface area contributed by atoms with Gasteiger partial charge in [-0.2, -0.15) is 0 Å². The van der Waals surface area contributed by atoms with Crippen LogP contribution < -0.4 is 0 Å². The third kappa shape index (κ3) is 3.17. The number of rotatable bonds is 4. The van der Waals surface area contributed by atoms with Gasteiger partial charge in [-0.05, 0) is 51.9 Å². The summed E-state index contributed by atoms with van der Waals surface area (Å²) in [6.07, 6.45) is 0.574. The van der Waals surface area contributed by atoms with Crippen molar-refractivity contribution in [1.29, 1.82) is 0 Å². The van der Waals surface area contributed by atoms with Crippen molar-refractivity contribution in [2.45, 2.75) is 26.1 Å². The first-order valence-corrected chi connectivity index (χ1v) is 10.1. The summed E-state index contributed by atoms with van der Waals surface area (Å²) in [6.45, 7) is 2.56. The number of methoxy groups -OCH3 is 1. The van der Waals surface area contributed by atoms with Gasteiger partial charge in [-0.1, -0.05) is 71.4 Å². The number of benzene rings is 3. The van der Waals surface area contributed by atoms with Crippen molar-refractivity contribution >= 4 is 21.9 Å². The summed E-state index contributed by atoms with van der Waals surface area (Å²) in [4.78, 5) is 12.7. The number of halogens is 1. The van der Waals surface area contributed by atoms with Gasteiger partial charge in [0.2, 0.25) is 0 Å². The molecule has 0 radical (unpaired) electrons. The van der Waals surface area contributed by atoms with Crippen LogP contribution in [0.5, 0.6) is 0 Å². The highest BCUT2D eigenvalue weighted by atomic mass is 79.9. The van der Waals surface area contributed by atoms with Crippen LogP contribution >= 0.6 is 15.9 Å². The second kappa shape index (κ2) is 7.90. The van der Waals surface area contributed by atoms with E-state index < -0.39 is 0 Å². The van der Waals surface area contributed by atoms with Crippen molar-refractivity contribution in [1.82, 2.24) is 0 Å². The summed E-state index contributed by atoms with van der Waals surface area (Å²) in [5, 5.41) is 0. The van der Waals surface area contributed by atoms with Gasteiger partial charge < -0.3 is 9.47 Å². The highest BCUT2D eigenvalue weighted by molar-refractivity contribution is 9.10. The van der Waals surface area contributed by atoms with Gasteiger partial charge in [-0.3, -0.25) is 0 Å². The fraction of sp³-hybridized carbons (Fsp3) is 0.208. The average Bonchev–Trinajstić information content (AvgIpc) is 3.16. The molecule has 4 rings (SSSR count). The molecule has 1 atom stereocenters. The van der Waals surface area contributed by atoms with E-state index >= 15 is 0 Å². The number of hydrogen-bond acceptors (Lipinski definition) is 3. The summed E-state index contributed by atoms with van der Waals surface area (Å²) >= 11 is 3.65. The standard InChI is InChI=1S/C24H21BrO3/c1-3-16-20-14-28-23(17-11-7-8-12-21(17)25)19(20)13-18(22(16)24(26)27-2)15-9-5-4-6-10-15/h4-13,23H,3,14H2,1-2H3. The number of ether oxygens (including phenoxy) is 2. The van der Waals surface area contributed by atoms with Gasteiger partial charge in [0.05, 0.1) is 19.3 Å². The van der Waals surface area contributed by atoms with Crippen molar-refractivity contribution in [3.8, 4) is 11.1 Å². The van der Waals surface area contributed by atoms with E-state index in [-0.39, 0.29) is 12.1 Å². The predicted molar refractivity (Wildman–Crippen MR) is 113 cm³/mol. The third-order valence-electron chi connectivity index (χ3n) is 5.28. The van der Waals surface area contributed by atoms with Crippen LogP contribution in [-0.2, 0) is 22.5 Å². The summed E-state index contributed by atoms with van der Waals surface area (Å²) in [5.41, 5.74) is 6.86. The lowest BCUT2D eigenvalue weighted by atomic mass is 9.86. The number of carbonyl (C=O) groups is 1. The zero-order valence-electron chi connectivity index (χ0n) is 15.9. The molecule has 1 aliphatic heterocycles. The Kier molecular flexibility index (Phi) is 5.33. The quantitative estimate of drug-likeness (QED) is 0.464. The van der Waals surface area contributed by atoms with Gasteiger partial charge >= 0.3 is 5.97 Å². The molecular weight excluding hydrogens is 416 g/mol. The number of fused-ring (bicyclic) bond motifs is 1. The number of esters is 1. The first kappa shape index (κ1) is 18.9. The third-order valence-corrected chi connectivity index (χ3v) is 6.00. The van der Waals surface area contributed by atoms with Crippen molar-refractivity contribution in [2.75, 3.05) is 7.11 Å². The second-order valence-corrected chi connectivity index (χ2v) is 7.62. The molecule has 0 aromatic heterocycles. The number of carbonyl (C=O) groups excluding carboxylic acids is 1. The summed E-state index contributed by atoms with van der Waals surface area (Å²) in [5.74, 6) is -0.303. The molecule has 0 amide bonds. The topological polar surface area (TPSA) is 35.5 Å². The lowest BCUT2D eigenvalue weighted by Gasteiger charge is -2.19. The maximum absolute atomic E-state index is 12.7. The SMILES string of the molecule is CCc1c2c(cc(-c3ccccc3)c1C(=O)OC)C(c1ccccc1Br)OC2. The van der Waals surface area contributed by atoms with Crippen LogP contribution in [-0.4, -0.2) is 13.1 Å². The minimum Gasteiger partial charge on any atom is -0.465 e. The smallest absolute Gasteiger partial charge is 0.338 e. The monoisotopic (exact) mass is 436 g/mol. The highest BCUT2D eigenvalue weighted by Gasteiger charge is 2.32. The Balaban J connectivity index is 1.98. The number of hydrogen-bond donors (Lipinski definition) is 0. The molecule has 3 aromatic rings. The van der Waals surface area contributed by atoms with E-state index in [9.17, 15) is 4.79 Å². The summed E-state index contributed by atoms with van der Waals surface area (Å²) in [6, 6.07) is 20.2. The minimum atomic E-state index is -0.303. The van der Waals surface area contributed by atoms with Crippen molar-refractivity contribution in [2.24, 2.45) is 0 Å². The summed E-state index contributed by atoms with van der Waals surface area (Å²) in [7, 11) is 1.43. The lowest BCUT2D eigenvalue weighted by Crippen LogP contribution is -2.11. The zero-order valence-corrected chi connectivity index (χ0v) is 17.5. The molecular formula is C24H21BrO3. The Bertz CT molecular complexity index is 1030. The first-order valence-electron chi connectivity index (χ1n) is 9.34. The molecule has 0 spiro atoms. The molecule has 0 bridgehead atoms. The Morgan fingerprint density at radius 1 is 1.11 bits per heavy atom. The van der Waals surface area contributed by atoms with Gasteiger partial charge in [-0.15, -0.1) is 0 Å². The molecule has 0 saturated carbocycles. The van der Waals surface area contributed by atoms with E-state index in [2.05, 4.69) is 35.0 Å². The molecule has 3 nitrogen and oxygen atoms in total. The van der Waals surface area contributed by atoms with E-state index in [0.29, 0.717) is 12.2 Å².